The third-order valence-electron chi connectivity index (χ3n) is 3.03. The number of nitrogens with one attached hydrogen (secondary N) is 1. The Morgan fingerprint density at radius 3 is 2.71 bits per heavy atom. The van der Waals surface area contributed by atoms with Crippen molar-refractivity contribution in [3.05, 3.63) is 35.4 Å². The summed E-state index contributed by atoms with van der Waals surface area (Å²) in [4.78, 5) is 27.2. The van der Waals surface area contributed by atoms with Gasteiger partial charge in [-0.2, -0.15) is 0 Å². The Labute approximate surface area is 123 Å². The molecule has 1 unspecified atom stereocenters. The van der Waals surface area contributed by atoms with Crippen molar-refractivity contribution in [3.63, 3.8) is 0 Å². The number of nitrogens with two attached hydrogens (primary N) is 3. The first-order valence-electron chi connectivity index (χ1n) is 6.78. The van der Waals surface area contributed by atoms with Crippen molar-refractivity contribution in [3.8, 4) is 0 Å². The van der Waals surface area contributed by atoms with Gasteiger partial charge in [0.25, 0.3) is 5.91 Å². The Bertz CT molecular complexity index is 479. The number of primary amides is 1. The van der Waals surface area contributed by atoms with Gasteiger partial charge in [-0.1, -0.05) is 12.1 Å². The molecule has 1 atom stereocenters. The van der Waals surface area contributed by atoms with Crippen LogP contribution in [0.2, 0.25) is 0 Å². The second-order valence-corrected chi connectivity index (χ2v) is 4.77. The first-order chi connectivity index (χ1) is 10.0. The monoisotopic (exact) mass is 294 g/mol. The Balaban J connectivity index is 2.30. The third-order valence-corrected chi connectivity index (χ3v) is 3.03. The minimum atomic E-state index is -0.617. The summed E-state index contributed by atoms with van der Waals surface area (Å²) in [6, 6.07) is 6.43. The van der Waals surface area contributed by atoms with Gasteiger partial charge in [-0.3, -0.25) is 14.4 Å². The van der Waals surface area contributed by atoms with E-state index < -0.39 is 11.9 Å². The van der Waals surface area contributed by atoms with E-state index in [0.717, 1.165) is 18.4 Å². The van der Waals surface area contributed by atoms with Crippen molar-refractivity contribution in [1.29, 1.82) is 0 Å². The maximum Gasteiger partial charge on any atom is 0.251 e. The summed E-state index contributed by atoms with van der Waals surface area (Å²) in [6.07, 6.45) is 1.98. The zero-order valence-electron chi connectivity index (χ0n) is 11.9. The molecule has 116 valence electrons. The molecule has 1 aromatic carbocycles. The summed E-state index contributed by atoms with van der Waals surface area (Å²) in [5.74, 6) is 4.34. The van der Waals surface area contributed by atoms with Crippen molar-refractivity contribution in [1.82, 2.24) is 5.32 Å². The summed E-state index contributed by atoms with van der Waals surface area (Å²) in [6.45, 7) is 0.772. The number of unbranched alkanes of at least 4 members (excludes halogenated alkanes) is 1. The Morgan fingerprint density at radius 2 is 2.05 bits per heavy atom. The molecular formula is C14H22N4O3. The van der Waals surface area contributed by atoms with Crippen LogP contribution in [0.1, 0.15) is 35.2 Å². The highest BCUT2D eigenvalue weighted by molar-refractivity contribution is 5.94. The highest BCUT2D eigenvalue weighted by atomic mass is 16.6. The fourth-order valence-corrected chi connectivity index (χ4v) is 1.83. The number of carbonyl (C=O) groups excluding carboxylic acids is 2. The van der Waals surface area contributed by atoms with Crippen molar-refractivity contribution in [2.24, 2.45) is 17.4 Å². The molecule has 7 heteroatoms. The highest BCUT2D eigenvalue weighted by Gasteiger charge is 2.09. The second-order valence-electron chi connectivity index (χ2n) is 4.77. The predicted molar refractivity (Wildman–Crippen MR) is 78.8 cm³/mol. The molecule has 7 nitrogen and oxygen atoms in total. The van der Waals surface area contributed by atoms with E-state index >= 15 is 0 Å². The Hall–Kier alpha value is -1.96. The maximum atomic E-state index is 11.9. The molecule has 0 bridgehead atoms. The fourth-order valence-electron chi connectivity index (χ4n) is 1.83. The number of carbonyl (C=O) groups is 2. The zero-order chi connectivity index (χ0) is 15.7. The van der Waals surface area contributed by atoms with Crippen LogP contribution in [0.25, 0.3) is 0 Å². The van der Waals surface area contributed by atoms with Crippen molar-refractivity contribution < 1.29 is 14.4 Å². The van der Waals surface area contributed by atoms with E-state index in [2.05, 4.69) is 10.2 Å². The molecule has 0 spiro atoms. The van der Waals surface area contributed by atoms with Crippen molar-refractivity contribution >= 4 is 11.8 Å². The molecule has 0 radical (unpaired) electrons. The molecule has 21 heavy (non-hydrogen) atoms. The lowest BCUT2D eigenvalue weighted by Gasteiger charge is -2.08. The van der Waals surface area contributed by atoms with Crippen LogP contribution >= 0.6 is 0 Å². The van der Waals surface area contributed by atoms with Gasteiger partial charge in [0.1, 0.15) is 0 Å². The summed E-state index contributed by atoms with van der Waals surface area (Å²) in [7, 11) is 0. The minimum Gasteiger partial charge on any atom is -0.368 e. The van der Waals surface area contributed by atoms with Crippen LogP contribution in [0.4, 0.5) is 0 Å². The van der Waals surface area contributed by atoms with Gasteiger partial charge in [0, 0.05) is 12.1 Å². The standard InChI is InChI=1S/C14H22N4O3/c15-12(13(16)19)6-1-2-7-18-14(20)11-5-3-4-10(8-11)9-21-17/h3-5,8,12H,1-2,6-7,9,15,17H2,(H2,16,19)(H,18,20). The number of benzene rings is 1. The average molecular weight is 294 g/mol. The van der Waals surface area contributed by atoms with Gasteiger partial charge >= 0.3 is 0 Å². The Kier molecular flexibility index (Phi) is 7.38. The van der Waals surface area contributed by atoms with Gasteiger partial charge in [-0.25, -0.2) is 5.90 Å². The largest absolute Gasteiger partial charge is 0.368 e. The molecule has 0 saturated heterocycles. The lowest BCUT2D eigenvalue weighted by Crippen LogP contribution is -2.36. The molecule has 0 fully saturated rings. The Morgan fingerprint density at radius 1 is 1.29 bits per heavy atom. The third kappa shape index (κ3) is 6.35. The molecule has 0 aliphatic heterocycles. The average Bonchev–Trinajstić information content (AvgIpc) is 2.47. The van der Waals surface area contributed by atoms with Crippen LogP contribution in [-0.2, 0) is 16.2 Å². The summed E-state index contributed by atoms with van der Waals surface area (Å²) < 4.78 is 0. The van der Waals surface area contributed by atoms with Crippen LogP contribution in [0, 0.1) is 0 Å². The van der Waals surface area contributed by atoms with E-state index in [-0.39, 0.29) is 12.5 Å². The zero-order valence-corrected chi connectivity index (χ0v) is 11.9. The summed E-state index contributed by atoms with van der Waals surface area (Å²) in [5, 5.41) is 2.80. The van der Waals surface area contributed by atoms with Gasteiger partial charge in [-0.15, -0.1) is 0 Å². The van der Waals surface area contributed by atoms with E-state index in [0.29, 0.717) is 18.5 Å². The van der Waals surface area contributed by atoms with Crippen LogP contribution in [-0.4, -0.2) is 24.4 Å². The predicted octanol–water partition coefficient (Wildman–Crippen LogP) is -0.210. The maximum absolute atomic E-state index is 11.9. The molecule has 0 aliphatic carbocycles. The van der Waals surface area contributed by atoms with Crippen LogP contribution in [0.15, 0.2) is 24.3 Å². The lowest BCUT2D eigenvalue weighted by molar-refractivity contribution is -0.119. The SMILES string of the molecule is NOCc1cccc(C(=O)NCCCCC(N)C(N)=O)c1. The van der Waals surface area contributed by atoms with E-state index in [4.69, 9.17) is 17.4 Å². The van der Waals surface area contributed by atoms with Gasteiger partial charge in [0.2, 0.25) is 5.91 Å². The van der Waals surface area contributed by atoms with Gasteiger partial charge in [0.05, 0.1) is 12.6 Å². The number of hydrogen-bond acceptors (Lipinski definition) is 5. The molecule has 0 aromatic heterocycles. The van der Waals surface area contributed by atoms with Crippen LogP contribution in [0.5, 0.6) is 0 Å². The molecule has 2 amide bonds. The van der Waals surface area contributed by atoms with Crippen LogP contribution < -0.4 is 22.7 Å². The number of rotatable bonds is 9. The van der Waals surface area contributed by atoms with E-state index in [1.807, 2.05) is 6.07 Å². The van der Waals surface area contributed by atoms with Gasteiger partial charge in [0.15, 0.2) is 0 Å². The van der Waals surface area contributed by atoms with E-state index in [1.54, 1.807) is 18.2 Å². The van der Waals surface area contributed by atoms with E-state index in [9.17, 15) is 9.59 Å². The first kappa shape index (κ1) is 17.1. The topological polar surface area (TPSA) is 133 Å². The molecule has 7 N–H and O–H groups in total. The van der Waals surface area contributed by atoms with Crippen molar-refractivity contribution in [2.45, 2.75) is 31.9 Å². The normalized spacial score (nSPS) is 11.9. The summed E-state index contributed by atoms with van der Waals surface area (Å²) in [5.41, 5.74) is 12.0. The quantitative estimate of drug-likeness (QED) is 0.369. The molecule has 1 rings (SSSR count). The first-order valence-corrected chi connectivity index (χ1v) is 6.78. The number of hydrogen-bond donors (Lipinski definition) is 4. The fraction of sp³-hybridized carbons (Fsp3) is 0.429. The molecule has 1 aromatic rings. The molecule has 0 aliphatic rings. The van der Waals surface area contributed by atoms with Gasteiger partial charge < -0.3 is 16.8 Å². The highest BCUT2D eigenvalue weighted by Crippen LogP contribution is 2.06. The minimum absolute atomic E-state index is 0.159. The molecular weight excluding hydrogens is 272 g/mol. The molecule has 0 saturated carbocycles. The van der Waals surface area contributed by atoms with Crippen LogP contribution in [0.3, 0.4) is 0 Å². The smallest absolute Gasteiger partial charge is 0.251 e. The van der Waals surface area contributed by atoms with Crippen molar-refractivity contribution in [2.75, 3.05) is 6.54 Å². The number of amides is 2. The van der Waals surface area contributed by atoms with E-state index in [1.165, 1.54) is 0 Å². The lowest BCUT2D eigenvalue weighted by atomic mass is 10.1. The summed E-state index contributed by atoms with van der Waals surface area (Å²) >= 11 is 0. The molecule has 0 heterocycles. The second kappa shape index (κ2) is 9.06. The van der Waals surface area contributed by atoms with Gasteiger partial charge in [-0.05, 0) is 37.0 Å².